The number of aliphatic hydroxyl groups is 1. The lowest BCUT2D eigenvalue weighted by molar-refractivity contribution is -0.121. The zero-order chi connectivity index (χ0) is 13.3. The van der Waals surface area contributed by atoms with Crippen LogP contribution in [0.5, 0.6) is 0 Å². The molecule has 0 aromatic carbocycles. The highest BCUT2D eigenvalue weighted by Gasteiger charge is 2.09. The molecule has 0 bridgehead atoms. The number of ether oxygens (including phenoxy) is 1. The molecule has 102 valence electrons. The molecular weight excluding hydrogens is 220 g/mol. The van der Waals surface area contributed by atoms with Crippen LogP contribution in [0.1, 0.15) is 33.6 Å². The van der Waals surface area contributed by atoms with Gasteiger partial charge in [0.1, 0.15) is 0 Å². The van der Waals surface area contributed by atoms with Gasteiger partial charge >= 0.3 is 0 Å². The number of rotatable bonds is 8. The Morgan fingerprint density at radius 3 is 2.53 bits per heavy atom. The molecule has 3 N–H and O–H groups in total. The van der Waals surface area contributed by atoms with Crippen molar-refractivity contribution in [2.45, 2.75) is 45.3 Å². The predicted molar refractivity (Wildman–Crippen MR) is 67.9 cm³/mol. The van der Waals surface area contributed by atoms with Gasteiger partial charge in [0.15, 0.2) is 0 Å². The van der Waals surface area contributed by atoms with E-state index < -0.39 is 6.10 Å². The first kappa shape index (κ1) is 16.4. The third-order valence-electron chi connectivity index (χ3n) is 2.17. The number of carbonyl (C=O) groups excluding carboxylic acids is 1. The maximum Gasteiger partial charge on any atom is 0.221 e. The van der Waals surface area contributed by atoms with Crippen molar-refractivity contribution < 1.29 is 14.6 Å². The molecule has 5 heteroatoms. The minimum absolute atomic E-state index is 0.00590. The number of nitrogens with one attached hydrogen (secondary N) is 2. The molecule has 0 rings (SSSR count). The van der Waals surface area contributed by atoms with E-state index in [4.69, 9.17) is 4.74 Å². The Kier molecular flexibility index (Phi) is 8.12. The summed E-state index contributed by atoms with van der Waals surface area (Å²) in [6.07, 6.45) is 0.470. The standard InChI is InChI=1S/C12H26N2O3/c1-12(2,3)14-8-6-11(16)13-7-5-10(15)9-17-4/h10,14-15H,5-9H2,1-4H3,(H,13,16). The van der Waals surface area contributed by atoms with Gasteiger partial charge < -0.3 is 20.5 Å². The summed E-state index contributed by atoms with van der Waals surface area (Å²) in [4.78, 5) is 11.4. The van der Waals surface area contributed by atoms with Crippen LogP contribution in [0.25, 0.3) is 0 Å². The second-order valence-electron chi connectivity index (χ2n) is 5.17. The van der Waals surface area contributed by atoms with Crippen LogP contribution in [-0.4, -0.2) is 49.5 Å². The molecule has 17 heavy (non-hydrogen) atoms. The maximum absolute atomic E-state index is 11.4. The number of hydrogen-bond donors (Lipinski definition) is 3. The summed E-state index contributed by atoms with van der Waals surface area (Å²) in [6.45, 7) is 7.64. The van der Waals surface area contributed by atoms with Gasteiger partial charge in [-0.3, -0.25) is 4.79 Å². The molecular formula is C12H26N2O3. The third-order valence-corrected chi connectivity index (χ3v) is 2.17. The Morgan fingerprint density at radius 2 is 2.00 bits per heavy atom. The van der Waals surface area contributed by atoms with E-state index in [1.807, 2.05) is 0 Å². The Morgan fingerprint density at radius 1 is 1.35 bits per heavy atom. The zero-order valence-electron chi connectivity index (χ0n) is 11.4. The average molecular weight is 246 g/mol. The van der Waals surface area contributed by atoms with Crippen molar-refractivity contribution in [3.63, 3.8) is 0 Å². The average Bonchev–Trinajstić information content (AvgIpc) is 2.16. The van der Waals surface area contributed by atoms with E-state index in [2.05, 4.69) is 31.4 Å². The normalized spacial score (nSPS) is 13.5. The Bertz CT molecular complexity index is 214. The Labute approximate surface area is 104 Å². The van der Waals surface area contributed by atoms with Gasteiger partial charge in [-0.25, -0.2) is 0 Å². The monoisotopic (exact) mass is 246 g/mol. The van der Waals surface area contributed by atoms with Crippen molar-refractivity contribution in [3.8, 4) is 0 Å². The number of methoxy groups -OCH3 is 1. The Balaban J connectivity index is 3.47. The molecule has 0 saturated carbocycles. The van der Waals surface area contributed by atoms with E-state index in [-0.39, 0.29) is 11.4 Å². The second-order valence-corrected chi connectivity index (χ2v) is 5.17. The number of carbonyl (C=O) groups is 1. The van der Waals surface area contributed by atoms with Gasteiger partial charge in [-0.1, -0.05) is 0 Å². The van der Waals surface area contributed by atoms with E-state index >= 15 is 0 Å². The van der Waals surface area contributed by atoms with Crippen LogP contribution in [-0.2, 0) is 9.53 Å². The lowest BCUT2D eigenvalue weighted by atomic mass is 10.1. The quantitative estimate of drug-likeness (QED) is 0.575. The summed E-state index contributed by atoms with van der Waals surface area (Å²) in [5.74, 6) is 0.00590. The summed E-state index contributed by atoms with van der Waals surface area (Å²) in [5.41, 5.74) is 0.0366. The van der Waals surface area contributed by atoms with E-state index in [1.165, 1.54) is 0 Å². The van der Waals surface area contributed by atoms with Crippen LogP contribution in [0.2, 0.25) is 0 Å². The van der Waals surface area contributed by atoms with Crippen LogP contribution >= 0.6 is 0 Å². The van der Waals surface area contributed by atoms with Crippen molar-refractivity contribution in [2.24, 2.45) is 0 Å². The van der Waals surface area contributed by atoms with Crippen LogP contribution in [0, 0.1) is 0 Å². The van der Waals surface area contributed by atoms with Crippen LogP contribution in [0.3, 0.4) is 0 Å². The Hall–Kier alpha value is -0.650. The molecule has 0 saturated heterocycles. The van der Waals surface area contributed by atoms with E-state index in [0.29, 0.717) is 32.5 Å². The minimum atomic E-state index is -0.506. The molecule has 0 heterocycles. The molecule has 0 aromatic heterocycles. The SMILES string of the molecule is COCC(O)CCNC(=O)CCNC(C)(C)C. The van der Waals surface area contributed by atoms with Crippen LogP contribution < -0.4 is 10.6 Å². The topological polar surface area (TPSA) is 70.6 Å². The van der Waals surface area contributed by atoms with Crippen molar-refractivity contribution in [1.29, 1.82) is 0 Å². The molecule has 1 unspecified atom stereocenters. The number of hydrogen-bond acceptors (Lipinski definition) is 4. The zero-order valence-corrected chi connectivity index (χ0v) is 11.4. The van der Waals surface area contributed by atoms with Gasteiger partial charge in [0.25, 0.3) is 0 Å². The summed E-state index contributed by atoms with van der Waals surface area (Å²) >= 11 is 0. The van der Waals surface area contributed by atoms with Crippen molar-refractivity contribution >= 4 is 5.91 Å². The van der Waals surface area contributed by atoms with Gasteiger partial charge in [0.2, 0.25) is 5.91 Å². The van der Waals surface area contributed by atoms with E-state index in [1.54, 1.807) is 7.11 Å². The molecule has 0 aliphatic carbocycles. The minimum Gasteiger partial charge on any atom is -0.391 e. The fraction of sp³-hybridized carbons (Fsp3) is 0.917. The fourth-order valence-corrected chi connectivity index (χ4v) is 1.29. The molecule has 5 nitrogen and oxygen atoms in total. The highest BCUT2D eigenvalue weighted by Crippen LogP contribution is 1.97. The van der Waals surface area contributed by atoms with Crippen molar-refractivity contribution in [2.75, 3.05) is 26.8 Å². The van der Waals surface area contributed by atoms with Gasteiger partial charge in [-0.2, -0.15) is 0 Å². The summed E-state index contributed by atoms with van der Waals surface area (Å²) < 4.78 is 4.79. The molecule has 0 fully saturated rings. The molecule has 1 amide bonds. The summed E-state index contributed by atoms with van der Waals surface area (Å²) in [6, 6.07) is 0. The van der Waals surface area contributed by atoms with Crippen LogP contribution in [0.15, 0.2) is 0 Å². The summed E-state index contributed by atoms with van der Waals surface area (Å²) in [5, 5.41) is 15.4. The molecule has 0 spiro atoms. The van der Waals surface area contributed by atoms with E-state index in [0.717, 1.165) is 0 Å². The van der Waals surface area contributed by atoms with Crippen molar-refractivity contribution in [1.82, 2.24) is 10.6 Å². The first-order valence-electron chi connectivity index (χ1n) is 6.04. The largest absolute Gasteiger partial charge is 0.391 e. The molecule has 1 atom stereocenters. The third kappa shape index (κ3) is 11.6. The van der Waals surface area contributed by atoms with Gasteiger partial charge in [0, 0.05) is 32.2 Å². The lowest BCUT2D eigenvalue weighted by Crippen LogP contribution is -2.38. The fourth-order valence-electron chi connectivity index (χ4n) is 1.29. The van der Waals surface area contributed by atoms with Gasteiger partial charge in [-0.05, 0) is 27.2 Å². The number of amides is 1. The second kappa shape index (κ2) is 8.44. The van der Waals surface area contributed by atoms with Gasteiger partial charge in [-0.15, -0.1) is 0 Å². The first-order valence-corrected chi connectivity index (χ1v) is 6.04. The van der Waals surface area contributed by atoms with Crippen LogP contribution in [0.4, 0.5) is 0 Å². The van der Waals surface area contributed by atoms with Gasteiger partial charge in [0.05, 0.1) is 12.7 Å². The molecule has 0 radical (unpaired) electrons. The predicted octanol–water partition coefficient (Wildman–Crippen LogP) is 0.278. The first-order chi connectivity index (χ1) is 7.85. The summed E-state index contributed by atoms with van der Waals surface area (Å²) in [7, 11) is 1.54. The molecule has 0 aliphatic heterocycles. The lowest BCUT2D eigenvalue weighted by Gasteiger charge is -2.20. The number of aliphatic hydroxyl groups excluding tert-OH is 1. The molecule has 0 aromatic rings. The molecule has 0 aliphatic rings. The smallest absolute Gasteiger partial charge is 0.221 e. The van der Waals surface area contributed by atoms with E-state index in [9.17, 15) is 9.90 Å². The highest BCUT2D eigenvalue weighted by atomic mass is 16.5. The highest BCUT2D eigenvalue weighted by molar-refractivity contribution is 5.76. The van der Waals surface area contributed by atoms with Crippen molar-refractivity contribution in [3.05, 3.63) is 0 Å². The maximum atomic E-state index is 11.4.